The smallest absolute Gasteiger partial charge is 0.270 e. The molecule has 0 aliphatic carbocycles. The van der Waals surface area contributed by atoms with E-state index in [1.807, 2.05) is 30.3 Å². The van der Waals surface area contributed by atoms with Gasteiger partial charge in [-0.2, -0.15) is 0 Å². The number of primary amides is 1. The zero-order valence-corrected chi connectivity index (χ0v) is 11.1. The van der Waals surface area contributed by atoms with Crippen molar-refractivity contribution < 1.29 is 4.79 Å². The summed E-state index contributed by atoms with van der Waals surface area (Å²) >= 11 is 1.47. The van der Waals surface area contributed by atoms with Crippen LogP contribution in [0, 0.1) is 0 Å². The highest BCUT2D eigenvalue weighted by molar-refractivity contribution is 7.14. The van der Waals surface area contributed by atoms with Crippen molar-refractivity contribution in [3.05, 3.63) is 47.2 Å². The van der Waals surface area contributed by atoms with Crippen molar-refractivity contribution in [1.82, 2.24) is 25.2 Å². The molecular weight excluding hydrogens is 276 g/mol. The fourth-order valence-electron chi connectivity index (χ4n) is 1.64. The van der Waals surface area contributed by atoms with Crippen LogP contribution in [0.3, 0.4) is 0 Å². The van der Waals surface area contributed by atoms with E-state index < -0.39 is 5.91 Å². The maximum absolute atomic E-state index is 10.9. The van der Waals surface area contributed by atoms with Crippen LogP contribution in [0.25, 0.3) is 10.6 Å². The van der Waals surface area contributed by atoms with Gasteiger partial charge >= 0.3 is 0 Å². The first-order chi connectivity index (χ1) is 9.72. The number of nitrogens with two attached hydrogens (primary N) is 1. The number of aromatic nitrogens is 5. The first-order valence-electron chi connectivity index (χ1n) is 5.80. The van der Waals surface area contributed by atoms with E-state index in [0.717, 1.165) is 15.6 Å². The molecule has 2 aromatic heterocycles. The SMILES string of the molecule is NC(=O)c1cn(Cc2nnc(-c3ccccc3)s2)nn1. The van der Waals surface area contributed by atoms with Crippen LogP contribution in [0.15, 0.2) is 36.5 Å². The summed E-state index contributed by atoms with van der Waals surface area (Å²) in [5, 5.41) is 17.4. The van der Waals surface area contributed by atoms with Gasteiger partial charge in [-0.1, -0.05) is 46.9 Å². The van der Waals surface area contributed by atoms with E-state index in [0.29, 0.717) is 6.54 Å². The Morgan fingerprint density at radius 3 is 2.70 bits per heavy atom. The molecule has 100 valence electrons. The second kappa shape index (κ2) is 5.17. The Bertz CT molecular complexity index is 735. The van der Waals surface area contributed by atoms with Crippen molar-refractivity contribution >= 4 is 17.2 Å². The first-order valence-corrected chi connectivity index (χ1v) is 6.62. The molecule has 0 saturated heterocycles. The van der Waals surface area contributed by atoms with Crippen molar-refractivity contribution in [3.8, 4) is 10.6 Å². The Balaban J connectivity index is 1.78. The van der Waals surface area contributed by atoms with Crippen molar-refractivity contribution in [2.75, 3.05) is 0 Å². The van der Waals surface area contributed by atoms with E-state index in [2.05, 4.69) is 20.5 Å². The fourth-order valence-corrected chi connectivity index (χ4v) is 2.48. The van der Waals surface area contributed by atoms with Gasteiger partial charge in [0.25, 0.3) is 5.91 Å². The normalized spacial score (nSPS) is 10.6. The van der Waals surface area contributed by atoms with Crippen molar-refractivity contribution in [2.24, 2.45) is 5.73 Å². The number of hydrogen-bond acceptors (Lipinski definition) is 6. The molecule has 0 atom stereocenters. The first kappa shape index (κ1) is 12.4. The van der Waals surface area contributed by atoms with Crippen molar-refractivity contribution in [1.29, 1.82) is 0 Å². The maximum Gasteiger partial charge on any atom is 0.270 e. The molecule has 0 fully saturated rings. The Labute approximate surface area is 118 Å². The molecule has 3 rings (SSSR count). The molecule has 20 heavy (non-hydrogen) atoms. The molecule has 1 aromatic carbocycles. The summed E-state index contributed by atoms with van der Waals surface area (Å²) in [6, 6.07) is 9.81. The van der Waals surface area contributed by atoms with Crippen LogP contribution < -0.4 is 5.73 Å². The van der Waals surface area contributed by atoms with Gasteiger partial charge in [-0.05, 0) is 0 Å². The minimum absolute atomic E-state index is 0.137. The van der Waals surface area contributed by atoms with Crippen molar-refractivity contribution in [2.45, 2.75) is 6.54 Å². The van der Waals surface area contributed by atoms with Gasteiger partial charge in [0.1, 0.15) is 10.0 Å². The Hall–Kier alpha value is -2.61. The van der Waals surface area contributed by atoms with E-state index in [1.54, 1.807) is 0 Å². The Morgan fingerprint density at radius 2 is 2.00 bits per heavy atom. The summed E-state index contributed by atoms with van der Waals surface area (Å²) in [6.45, 7) is 0.408. The van der Waals surface area contributed by atoms with Crippen LogP contribution in [0.4, 0.5) is 0 Å². The summed E-state index contributed by atoms with van der Waals surface area (Å²) in [5.41, 5.74) is 6.28. The number of benzene rings is 1. The van der Waals surface area contributed by atoms with E-state index >= 15 is 0 Å². The molecule has 0 radical (unpaired) electrons. The van der Waals surface area contributed by atoms with E-state index in [1.165, 1.54) is 22.2 Å². The lowest BCUT2D eigenvalue weighted by molar-refractivity contribution is 0.0995. The Kier molecular flexibility index (Phi) is 3.21. The lowest BCUT2D eigenvalue weighted by Gasteiger charge is -1.93. The third-order valence-corrected chi connectivity index (χ3v) is 3.53. The van der Waals surface area contributed by atoms with Gasteiger partial charge in [0, 0.05) is 5.56 Å². The van der Waals surface area contributed by atoms with Gasteiger partial charge in [0.05, 0.1) is 12.7 Å². The summed E-state index contributed by atoms with van der Waals surface area (Å²) in [7, 11) is 0. The number of amides is 1. The molecule has 2 heterocycles. The second-order valence-corrected chi connectivity index (χ2v) is 5.09. The largest absolute Gasteiger partial charge is 0.364 e. The van der Waals surface area contributed by atoms with Crippen LogP contribution in [0.5, 0.6) is 0 Å². The quantitative estimate of drug-likeness (QED) is 0.769. The minimum Gasteiger partial charge on any atom is -0.364 e. The predicted octanol–water partition coefficient (Wildman–Crippen LogP) is 0.944. The van der Waals surface area contributed by atoms with E-state index in [4.69, 9.17) is 5.73 Å². The molecular formula is C12H10N6OS. The number of carbonyl (C=O) groups excluding carboxylic acids is 1. The average molecular weight is 286 g/mol. The molecule has 2 N–H and O–H groups in total. The predicted molar refractivity (Wildman–Crippen MR) is 73.0 cm³/mol. The molecule has 0 saturated carbocycles. The molecule has 0 aliphatic heterocycles. The summed E-state index contributed by atoms with van der Waals surface area (Å²) in [5.74, 6) is -0.599. The highest BCUT2D eigenvalue weighted by atomic mass is 32.1. The monoisotopic (exact) mass is 286 g/mol. The number of rotatable bonds is 4. The van der Waals surface area contributed by atoms with Crippen LogP contribution in [0.2, 0.25) is 0 Å². The molecule has 8 heteroatoms. The van der Waals surface area contributed by atoms with Gasteiger partial charge < -0.3 is 5.73 Å². The lowest BCUT2D eigenvalue weighted by Crippen LogP contribution is -2.11. The second-order valence-electron chi connectivity index (χ2n) is 4.03. The Morgan fingerprint density at radius 1 is 1.20 bits per heavy atom. The van der Waals surface area contributed by atoms with Crippen LogP contribution in [-0.2, 0) is 6.54 Å². The highest BCUT2D eigenvalue weighted by Gasteiger charge is 2.10. The van der Waals surface area contributed by atoms with Crippen LogP contribution in [0.1, 0.15) is 15.5 Å². The highest BCUT2D eigenvalue weighted by Crippen LogP contribution is 2.23. The molecule has 3 aromatic rings. The number of carbonyl (C=O) groups is 1. The topological polar surface area (TPSA) is 99.6 Å². The molecule has 7 nitrogen and oxygen atoms in total. The van der Waals surface area contributed by atoms with E-state index in [-0.39, 0.29) is 5.69 Å². The lowest BCUT2D eigenvalue weighted by atomic mass is 10.2. The molecule has 0 bridgehead atoms. The molecule has 1 amide bonds. The standard InChI is InChI=1S/C12H10N6OS/c13-11(19)9-6-18(17-14-9)7-10-15-16-12(20-10)8-4-2-1-3-5-8/h1-6H,7H2,(H2,13,19). The van der Waals surface area contributed by atoms with Crippen LogP contribution in [-0.4, -0.2) is 31.1 Å². The zero-order chi connectivity index (χ0) is 13.9. The summed E-state index contributed by atoms with van der Waals surface area (Å²) < 4.78 is 1.51. The third kappa shape index (κ3) is 2.54. The number of hydrogen-bond donors (Lipinski definition) is 1. The molecule has 0 aliphatic rings. The molecule has 0 unspecified atom stereocenters. The van der Waals surface area contributed by atoms with Gasteiger partial charge in [-0.15, -0.1) is 15.3 Å². The molecule has 0 spiro atoms. The van der Waals surface area contributed by atoms with Gasteiger partial charge in [0.15, 0.2) is 5.69 Å². The minimum atomic E-state index is -0.599. The van der Waals surface area contributed by atoms with Crippen LogP contribution >= 0.6 is 11.3 Å². The van der Waals surface area contributed by atoms with Gasteiger partial charge in [0.2, 0.25) is 0 Å². The summed E-state index contributed by atoms with van der Waals surface area (Å²) in [6.07, 6.45) is 1.49. The van der Waals surface area contributed by atoms with Gasteiger partial charge in [-0.3, -0.25) is 4.79 Å². The fraction of sp³-hybridized carbons (Fsp3) is 0.0833. The average Bonchev–Trinajstić information content (AvgIpc) is 3.10. The zero-order valence-electron chi connectivity index (χ0n) is 10.3. The maximum atomic E-state index is 10.9. The van der Waals surface area contributed by atoms with Crippen molar-refractivity contribution in [3.63, 3.8) is 0 Å². The van der Waals surface area contributed by atoms with E-state index in [9.17, 15) is 4.79 Å². The van der Waals surface area contributed by atoms with Gasteiger partial charge in [-0.25, -0.2) is 4.68 Å². The summed E-state index contributed by atoms with van der Waals surface area (Å²) in [4.78, 5) is 10.9. The third-order valence-electron chi connectivity index (χ3n) is 2.58. The number of nitrogens with zero attached hydrogens (tertiary/aromatic N) is 5.